The lowest BCUT2D eigenvalue weighted by atomic mass is 9.74. The molecule has 1 heterocycles. The Morgan fingerprint density at radius 2 is 1.82 bits per heavy atom. The number of carbonyl (C=O) groups is 2. The Hall–Kier alpha value is -2.57. The summed E-state index contributed by atoms with van der Waals surface area (Å²) in [5.41, 5.74) is 0.119. The van der Waals surface area contributed by atoms with E-state index in [0.717, 1.165) is 50.6 Å². The van der Waals surface area contributed by atoms with Gasteiger partial charge in [-0.25, -0.2) is 4.79 Å². The van der Waals surface area contributed by atoms with Crippen LogP contribution in [0.3, 0.4) is 0 Å². The number of para-hydroxylation sites is 1. The summed E-state index contributed by atoms with van der Waals surface area (Å²) in [4.78, 5) is 27.3. The summed E-state index contributed by atoms with van der Waals surface area (Å²) in [6, 6.07) is 9.42. The summed E-state index contributed by atoms with van der Waals surface area (Å²) in [6.07, 6.45) is 13.0. The van der Waals surface area contributed by atoms with Gasteiger partial charge in [0.1, 0.15) is 5.54 Å². The topological polar surface area (TPSA) is 97.3 Å². The molecular formula is C26H39N5O2. The summed E-state index contributed by atoms with van der Waals surface area (Å²) < 4.78 is 0. The van der Waals surface area contributed by atoms with Gasteiger partial charge in [0.15, 0.2) is 5.96 Å². The fraction of sp³-hybridized carbons (Fsp3) is 0.654. The second-order valence-corrected chi connectivity index (χ2v) is 10.4. The molecule has 3 amide bonds. The zero-order valence-electron chi connectivity index (χ0n) is 19.9. The van der Waals surface area contributed by atoms with Crippen molar-refractivity contribution in [3.05, 3.63) is 30.3 Å². The summed E-state index contributed by atoms with van der Waals surface area (Å²) in [5, 5.41) is 17.6. The molecule has 0 aromatic heterocycles. The number of amides is 3. The van der Waals surface area contributed by atoms with Crippen molar-refractivity contribution in [2.45, 2.75) is 88.6 Å². The molecule has 2 saturated carbocycles. The molecule has 4 rings (SSSR count). The third kappa shape index (κ3) is 5.87. The third-order valence-corrected chi connectivity index (χ3v) is 7.90. The number of nitrogens with one attached hydrogen (secondary N) is 4. The molecule has 4 N–H and O–H groups in total. The number of hydrogen-bond acceptors (Lipinski definition) is 3. The molecule has 2 aliphatic carbocycles. The molecule has 1 saturated heterocycles. The van der Waals surface area contributed by atoms with Crippen LogP contribution in [0.15, 0.2) is 30.3 Å². The van der Waals surface area contributed by atoms with E-state index in [0.29, 0.717) is 11.8 Å². The standard InChI is InChI=1S/C26H39N5O2/c1-31-23(32)26(30-24(31)27,16-15-19-9-4-2-5-10-19)18-20-11-8-14-22(17-20)29-25(33)28-21-12-6-3-7-13-21/h3,6-7,12-13,19-20,22H,2,4-5,8-11,14-18H2,1H3,(H2,27,30)(H2,28,29,33)/t20-,22?,26+/m0/s1. The van der Waals surface area contributed by atoms with Gasteiger partial charge < -0.3 is 16.0 Å². The predicted molar refractivity (Wildman–Crippen MR) is 131 cm³/mol. The van der Waals surface area contributed by atoms with Crippen molar-refractivity contribution in [2.75, 3.05) is 12.4 Å². The number of benzene rings is 1. The minimum atomic E-state index is -0.665. The van der Waals surface area contributed by atoms with E-state index in [9.17, 15) is 9.59 Å². The molecule has 0 bridgehead atoms. The number of carbonyl (C=O) groups excluding carboxylic acids is 2. The van der Waals surface area contributed by atoms with Gasteiger partial charge in [-0.1, -0.05) is 63.1 Å². The van der Waals surface area contributed by atoms with E-state index in [1.807, 2.05) is 30.3 Å². The minimum Gasteiger partial charge on any atom is -0.342 e. The average molecular weight is 454 g/mol. The summed E-state index contributed by atoms with van der Waals surface area (Å²) in [5.74, 6) is 1.31. The number of guanidine groups is 1. The molecule has 180 valence electrons. The van der Waals surface area contributed by atoms with Crippen LogP contribution in [-0.4, -0.2) is 41.4 Å². The quantitative estimate of drug-likeness (QED) is 0.475. The van der Waals surface area contributed by atoms with Crippen molar-refractivity contribution in [3.63, 3.8) is 0 Å². The maximum absolute atomic E-state index is 13.3. The Bertz CT molecular complexity index is 838. The van der Waals surface area contributed by atoms with Crippen LogP contribution in [0.5, 0.6) is 0 Å². The SMILES string of the molecule is CN1C(=N)N[C@](CCC2CCCCC2)(C[C@H]2CCCC(NC(=O)Nc3ccccc3)C2)C1=O. The monoisotopic (exact) mass is 453 g/mol. The third-order valence-electron chi connectivity index (χ3n) is 7.90. The molecule has 3 fully saturated rings. The van der Waals surface area contributed by atoms with Crippen molar-refractivity contribution in [1.29, 1.82) is 5.41 Å². The second-order valence-electron chi connectivity index (χ2n) is 10.4. The largest absolute Gasteiger partial charge is 0.342 e. The van der Waals surface area contributed by atoms with E-state index in [2.05, 4.69) is 16.0 Å². The maximum atomic E-state index is 13.3. The van der Waals surface area contributed by atoms with Gasteiger partial charge in [0.25, 0.3) is 5.91 Å². The van der Waals surface area contributed by atoms with Gasteiger partial charge in [-0.15, -0.1) is 0 Å². The van der Waals surface area contributed by atoms with Crippen molar-refractivity contribution in [3.8, 4) is 0 Å². The lowest BCUT2D eigenvalue weighted by molar-refractivity contribution is -0.131. The number of likely N-dealkylation sites (N-methyl/N-ethyl adjacent to an activating group) is 1. The van der Waals surface area contributed by atoms with Crippen molar-refractivity contribution >= 4 is 23.6 Å². The number of anilines is 1. The Balaban J connectivity index is 1.36. The average Bonchev–Trinajstić information content (AvgIpc) is 3.03. The van der Waals surface area contributed by atoms with Crippen LogP contribution in [0.1, 0.15) is 77.0 Å². The Labute approximate surface area is 197 Å². The lowest BCUT2D eigenvalue weighted by Gasteiger charge is -2.36. The van der Waals surface area contributed by atoms with E-state index < -0.39 is 5.54 Å². The molecule has 1 aromatic carbocycles. The van der Waals surface area contributed by atoms with Gasteiger partial charge in [-0.05, 0) is 56.1 Å². The smallest absolute Gasteiger partial charge is 0.319 e. The first-order chi connectivity index (χ1) is 15.9. The maximum Gasteiger partial charge on any atom is 0.319 e. The van der Waals surface area contributed by atoms with Gasteiger partial charge >= 0.3 is 6.03 Å². The van der Waals surface area contributed by atoms with Gasteiger partial charge in [-0.2, -0.15) is 0 Å². The molecular weight excluding hydrogens is 414 g/mol. The van der Waals surface area contributed by atoms with Crippen LogP contribution in [0, 0.1) is 17.2 Å². The van der Waals surface area contributed by atoms with E-state index in [-0.39, 0.29) is 23.9 Å². The predicted octanol–water partition coefficient (Wildman–Crippen LogP) is 4.85. The first kappa shape index (κ1) is 23.6. The highest BCUT2D eigenvalue weighted by atomic mass is 16.2. The summed E-state index contributed by atoms with van der Waals surface area (Å²) >= 11 is 0. The fourth-order valence-electron chi connectivity index (χ4n) is 6.10. The van der Waals surface area contributed by atoms with Gasteiger partial charge in [0.05, 0.1) is 0 Å². The number of hydrogen-bond donors (Lipinski definition) is 4. The molecule has 1 aromatic rings. The van der Waals surface area contributed by atoms with Crippen molar-refractivity contribution in [1.82, 2.24) is 15.5 Å². The number of rotatable bonds is 7. The molecule has 3 aliphatic rings. The number of urea groups is 1. The number of nitrogens with zero attached hydrogens (tertiary/aromatic N) is 1. The van der Waals surface area contributed by atoms with Crippen LogP contribution in [0.25, 0.3) is 0 Å². The van der Waals surface area contributed by atoms with Gasteiger partial charge in [0.2, 0.25) is 0 Å². The molecule has 7 nitrogen and oxygen atoms in total. The first-order valence-corrected chi connectivity index (χ1v) is 12.7. The summed E-state index contributed by atoms with van der Waals surface area (Å²) in [7, 11) is 1.71. The normalized spacial score (nSPS) is 28.5. The molecule has 0 radical (unpaired) electrons. The molecule has 0 spiro atoms. The van der Waals surface area contributed by atoms with Crippen LogP contribution in [0.2, 0.25) is 0 Å². The van der Waals surface area contributed by atoms with E-state index in [1.165, 1.54) is 37.0 Å². The Morgan fingerprint density at radius 3 is 2.52 bits per heavy atom. The molecule has 1 aliphatic heterocycles. The summed E-state index contributed by atoms with van der Waals surface area (Å²) in [6.45, 7) is 0. The fourth-order valence-corrected chi connectivity index (χ4v) is 6.10. The van der Waals surface area contributed by atoms with Crippen LogP contribution >= 0.6 is 0 Å². The zero-order chi connectivity index (χ0) is 23.3. The van der Waals surface area contributed by atoms with E-state index in [1.54, 1.807) is 7.05 Å². The highest BCUT2D eigenvalue weighted by molar-refractivity contribution is 6.07. The molecule has 33 heavy (non-hydrogen) atoms. The Morgan fingerprint density at radius 1 is 1.09 bits per heavy atom. The van der Waals surface area contributed by atoms with Crippen molar-refractivity contribution < 1.29 is 9.59 Å². The minimum absolute atomic E-state index is 0.0419. The van der Waals surface area contributed by atoms with E-state index in [4.69, 9.17) is 5.41 Å². The zero-order valence-corrected chi connectivity index (χ0v) is 19.9. The highest BCUT2D eigenvalue weighted by Gasteiger charge is 2.49. The first-order valence-electron chi connectivity index (χ1n) is 12.7. The Kier molecular flexibility index (Phi) is 7.56. The molecule has 3 atom stereocenters. The van der Waals surface area contributed by atoms with Crippen LogP contribution in [-0.2, 0) is 4.79 Å². The second kappa shape index (κ2) is 10.6. The molecule has 1 unspecified atom stereocenters. The van der Waals surface area contributed by atoms with Gasteiger partial charge in [0, 0.05) is 18.8 Å². The van der Waals surface area contributed by atoms with Crippen LogP contribution < -0.4 is 16.0 Å². The van der Waals surface area contributed by atoms with Crippen molar-refractivity contribution in [2.24, 2.45) is 11.8 Å². The van der Waals surface area contributed by atoms with Gasteiger partial charge in [-0.3, -0.25) is 15.1 Å². The lowest BCUT2D eigenvalue weighted by Crippen LogP contribution is -2.50. The van der Waals surface area contributed by atoms with Crippen LogP contribution in [0.4, 0.5) is 10.5 Å². The molecule has 7 heteroatoms. The highest BCUT2D eigenvalue weighted by Crippen LogP contribution is 2.38. The van der Waals surface area contributed by atoms with E-state index >= 15 is 0 Å².